The van der Waals surface area contributed by atoms with E-state index in [2.05, 4.69) is 31.9 Å². The Bertz CT molecular complexity index is 402. The molecule has 0 unspecified atom stereocenters. The highest BCUT2D eigenvalue weighted by atomic mass is 79.9. The van der Waals surface area contributed by atoms with E-state index in [1.807, 2.05) is 0 Å². The predicted molar refractivity (Wildman–Crippen MR) is 58.5 cm³/mol. The van der Waals surface area contributed by atoms with Crippen molar-refractivity contribution in [2.45, 2.75) is 0 Å². The van der Waals surface area contributed by atoms with Gasteiger partial charge in [0.15, 0.2) is 0 Å². The molecule has 0 bridgehead atoms. The highest BCUT2D eigenvalue weighted by molar-refractivity contribution is 9.13. The topological polar surface area (TPSA) is 37.3 Å². The SMILES string of the molecule is O=C(O)C=Cc1ccc(F)c(Br)c1Br. The third-order valence-electron chi connectivity index (χ3n) is 1.47. The molecule has 1 aromatic rings. The summed E-state index contributed by atoms with van der Waals surface area (Å²) in [5.74, 6) is -1.44. The van der Waals surface area contributed by atoms with Gasteiger partial charge in [-0.05, 0) is 49.6 Å². The third-order valence-corrected chi connectivity index (χ3v) is 3.63. The molecule has 0 amide bonds. The number of carboxylic acid groups (broad SMARTS) is 1. The largest absolute Gasteiger partial charge is 0.478 e. The molecule has 0 aliphatic heterocycles. The quantitative estimate of drug-likeness (QED) is 0.668. The molecule has 0 saturated carbocycles. The first-order valence-corrected chi connectivity index (χ1v) is 5.15. The summed E-state index contributed by atoms with van der Waals surface area (Å²) >= 11 is 6.18. The summed E-state index contributed by atoms with van der Waals surface area (Å²) in [5.41, 5.74) is 0.598. The molecule has 14 heavy (non-hydrogen) atoms. The average Bonchev–Trinajstić information content (AvgIpc) is 2.13. The summed E-state index contributed by atoms with van der Waals surface area (Å²) in [5, 5.41) is 8.40. The zero-order chi connectivity index (χ0) is 10.7. The van der Waals surface area contributed by atoms with Gasteiger partial charge in [-0.15, -0.1) is 0 Å². The maximum atomic E-state index is 12.9. The number of carbonyl (C=O) groups is 1. The molecule has 0 atom stereocenters. The molecule has 1 rings (SSSR count). The van der Waals surface area contributed by atoms with Crippen molar-refractivity contribution in [1.29, 1.82) is 0 Å². The van der Waals surface area contributed by atoms with Crippen molar-refractivity contribution in [3.8, 4) is 0 Å². The van der Waals surface area contributed by atoms with E-state index in [1.54, 1.807) is 0 Å². The third kappa shape index (κ3) is 2.65. The Balaban J connectivity index is 3.12. The zero-order valence-electron chi connectivity index (χ0n) is 6.80. The Morgan fingerprint density at radius 3 is 2.57 bits per heavy atom. The summed E-state index contributed by atoms with van der Waals surface area (Å²) in [6.07, 6.45) is 2.38. The van der Waals surface area contributed by atoms with Crippen LogP contribution in [0.2, 0.25) is 0 Å². The van der Waals surface area contributed by atoms with Crippen molar-refractivity contribution in [2.75, 3.05) is 0 Å². The minimum atomic E-state index is -1.04. The Labute approximate surface area is 96.7 Å². The van der Waals surface area contributed by atoms with Crippen LogP contribution in [-0.4, -0.2) is 11.1 Å². The van der Waals surface area contributed by atoms with Gasteiger partial charge in [-0.3, -0.25) is 0 Å². The van der Waals surface area contributed by atoms with Crippen LogP contribution in [0.15, 0.2) is 27.2 Å². The lowest BCUT2D eigenvalue weighted by atomic mass is 10.2. The van der Waals surface area contributed by atoms with E-state index < -0.39 is 11.8 Å². The van der Waals surface area contributed by atoms with E-state index in [1.165, 1.54) is 18.2 Å². The van der Waals surface area contributed by atoms with Gasteiger partial charge in [0, 0.05) is 10.5 Å². The van der Waals surface area contributed by atoms with E-state index in [-0.39, 0.29) is 4.47 Å². The van der Waals surface area contributed by atoms with Crippen molar-refractivity contribution >= 4 is 43.9 Å². The molecule has 0 aliphatic rings. The van der Waals surface area contributed by atoms with E-state index in [4.69, 9.17) is 5.11 Å². The second kappa shape index (κ2) is 4.70. The molecule has 0 radical (unpaired) electrons. The number of hydrogen-bond acceptors (Lipinski definition) is 1. The van der Waals surface area contributed by atoms with Gasteiger partial charge in [-0.25, -0.2) is 9.18 Å². The number of carboxylic acids is 1. The van der Waals surface area contributed by atoms with E-state index in [0.717, 1.165) is 6.08 Å². The predicted octanol–water partition coefficient (Wildman–Crippen LogP) is 3.45. The first-order valence-electron chi connectivity index (χ1n) is 3.57. The van der Waals surface area contributed by atoms with Gasteiger partial charge in [0.1, 0.15) is 5.82 Å². The Morgan fingerprint density at radius 2 is 2.00 bits per heavy atom. The number of rotatable bonds is 2. The maximum absolute atomic E-state index is 12.9. The van der Waals surface area contributed by atoms with Crippen molar-refractivity contribution < 1.29 is 14.3 Å². The monoisotopic (exact) mass is 322 g/mol. The minimum Gasteiger partial charge on any atom is -0.478 e. The van der Waals surface area contributed by atoms with Crippen LogP contribution < -0.4 is 0 Å². The first-order chi connectivity index (χ1) is 6.52. The Morgan fingerprint density at radius 1 is 1.36 bits per heavy atom. The summed E-state index contributed by atoms with van der Waals surface area (Å²) in [4.78, 5) is 10.2. The molecule has 1 N–H and O–H groups in total. The number of hydrogen-bond donors (Lipinski definition) is 1. The van der Waals surface area contributed by atoms with Crippen molar-refractivity contribution in [3.05, 3.63) is 38.5 Å². The maximum Gasteiger partial charge on any atom is 0.328 e. The first kappa shape index (κ1) is 11.4. The lowest BCUT2D eigenvalue weighted by Gasteiger charge is -2.01. The fourth-order valence-electron chi connectivity index (χ4n) is 0.831. The van der Waals surface area contributed by atoms with Crippen LogP contribution in [0.4, 0.5) is 4.39 Å². The second-order valence-corrected chi connectivity index (χ2v) is 4.02. The normalized spacial score (nSPS) is 10.8. The van der Waals surface area contributed by atoms with Crippen LogP contribution >= 0.6 is 31.9 Å². The van der Waals surface area contributed by atoms with E-state index in [0.29, 0.717) is 10.0 Å². The van der Waals surface area contributed by atoms with Crippen LogP contribution in [0.5, 0.6) is 0 Å². The fourth-order valence-corrected chi connectivity index (χ4v) is 1.65. The van der Waals surface area contributed by atoms with Crippen molar-refractivity contribution in [3.63, 3.8) is 0 Å². The van der Waals surface area contributed by atoms with Gasteiger partial charge in [0.05, 0.1) is 4.47 Å². The van der Waals surface area contributed by atoms with Gasteiger partial charge in [0.2, 0.25) is 0 Å². The molecule has 0 spiro atoms. The molecule has 0 aliphatic carbocycles. The van der Waals surface area contributed by atoms with Gasteiger partial charge >= 0.3 is 5.97 Å². The van der Waals surface area contributed by atoms with Crippen molar-refractivity contribution in [1.82, 2.24) is 0 Å². The molecule has 2 nitrogen and oxygen atoms in total. The second-order valence-electron chi connectivity index (χ2n) is 2.44. The molecule has 0 fully saturated rings. The van der Waals surface area contributed by atoms with Crippen LogP contribution in [0.1, 0.15) is 5.56 Å². The lowest BCUT2D eigenvalue weighted by Crippen LogP contribution is -1.87. The van der Waals surface area contributed by atoms with E-state index >= 15 is 0 Å². The number of aliphatic carboxylic acids is 1. The van der Waals surface area contributed by atoms with Gasteiger partial charge < -0.3 is 5.11 Å². The van der Waals surface area contributed by atoms with Crippen molar-refractivity contribution in [2.24, 2.45) is 0 Å². The van der Waals surface area contributed by atoms with Crippen LogP contribution in [0.3, 0.4) is 0 Å². The van der Waals surface area contributed by atoms with E-state index in [9.17, 15) is 9.18 Å². The molecule has 0 aromatic heterocycles. The Kier molecular flexibility index (Phi) is 3.83. The molecule has 5 heteroatoms. The summed E-state index contributed by atoms with van der Waals surface area (Å²) in [6.45, 7) is 0. The Hall–Kier alpha value is -0.680. The molecule has 74 valence electrons. The molecule has 1 aromatic carbocycles. The highest BCUT2D eigenvalue weighted by Crippen LogP contribution is 2.30. The van der Waals surface area contributed by atoms with Crippen LogP contribution in [-0.2, 0) is 4.79 Å². The summed E-state index contributed by atoms with van der Waals surface area (Å²) < 4.78 is 13.7. The average molecular weight is 324 g/mol. The number of halogens is 3. The molecule has 0 heterocycles. The summed E-state index contributed by atoms with van der Waals surface area (Å²) in [6, 6.07) is 2.75. The van der Waals surface area contributed by atoms with Gasteiger partial charge in [-0.2, -0.15) is 0 Å². The molecular formula is C9H5Br2FO2. The van der Waals surface area contributed by atoms with Gasteiger partial charge in [-0.1, -0.05) is 6.07 Å². The minimum absolute atomic E-state index is 0.282. The fraction of sp³-hybridized carbons (Fsp3) is 0. The summed E-state index contributed by atoms with van der Waals surface area (Å²) in [7, 11) is 0. The molecular weight excluding hydrogens is 319 g/mol. The standard InChI is InChI=1S/C9H5Br2FO2/c10-8-5(2-4-7(13)14)1-3-6(12)9(8)11/h1-4H,(H,13,14). The van der Waals surface area contributed by atoms with Gasteiger partial charge in [0.25, 0.3) is 0 Å². The zero-order valence-corrected chi connectivity index (χ0v) is 9.97. The lowest BCUT2D eigenvalue weighted by molar-refractivity contribution is -0.131. The molecule has 0 saturated heterocycles. The number of benzene rings is 1. The van der Waals surface area contributed by atoms with Crippen LogP contribution in [0, 0.1) is 5.82 Å². The highest BCUT2D eigenvalue weighted by Gasteiger charge is 2.06. The van der Waals surface area contributed by atoms with Crippen LogP contribution in [0.25, 0.3) is 6.08 Å². The smallest absolute Gasteiger partial charge is 0.328 e.